The maximum atomic E-state index is 3.66. The van der Waals surface area contributed by atoms with Gasteiger partial charge < -0.3 is 5.32 Å². The van der Waals surface area contributed by atoms with Crippen molar-refractivity contribution in [3.63, 3.8) is 0 Å². The first-order valence-corrected chi connectivity index (χ1v) is 6.30. The molecule has 0 heterocycles. The highest BCUT2D eigenvalue weighted by Crippen LogP contribution is 2.38. The van der Waals surface area contributed by atoms with Crippen molar-refractivity contribution in [2.75, 3.05) is 5.32 Å². The molecule has 1 aromatic carbocycles. The molecule has 0 amide bonds. The largest absolute Gasteiger partial charge is 0.382 e. The Morgan fingerprint density at radius 3 is 2.50 bits per heavy atom. The van der Waals surface area contributed by atoms with Gasteiger partial charge in [-0.1, -0.05) is 19.9 Å². The average molecular weight is 217 g/mol. The molecule has 16 heavy (non-hydrogen) atoms. The minimum Gasteiger partial charge on any atom is -0.382 e. The van der Waals surface area contributed by atoms with Crippen LogP contribution in [0.2, 0.25) is 0 Å². The van der Waals surface area contributed by atoms with Gasteiger partial charge in [0.2, 0.25) is 0 Å². The molecule has 1 saturated carbocycles. The Morgan fingerprint density at radius 1 is 1.19 bits per heavy atom. The fourth-order valence-electron chi connectivity index (χ4n) is 2.63. The molecule has 0 radical (unpaired) electrons. The summed E-state index contributed by atoms with van der Waals surface area (Å²) < 4.78 is 0. The van der Waals surface area contributed by atoms with Gasteiger partial charge in [0.05, 0.1) is 0 Å². The highest BCUT2D eigenvalue weighted by atomic mass is 14.9. The zero-order valence-corrected chi connectivity index (χ0v) is 10.9. The molecule has 1 heteroatoms. The smallest absolute Gasteiger partial charge is 0.0345 e. The van der Waals surface area contributed by atoms with E-state index in [0.717, 1.165) is 0 Å². The molecule has 0 spiro atoms. The van der Waals surface area contributed by atoms with Gasteiger partial charge in [0.25, 0.3) is 0 Å². The van der Waals surface area contributed by atoms with Crippen LogP contribution in [-0.4, -0.2) is 6.04 Å². The van der Waals surface area contributed by atoms with Gasteiger partial charge in [-0.2, -0.15) is 0 Å². The summed E-state index contributed by atoms with van der Waals surface area (Å²) in [6.07, 6.45) is 3.94. The van der Waals surface area contributed by atoms with Crippen LogP contribution in [0.1, 0.15) is 44.2 Å². The van der Waals surface area contributed by atoms with Gasteiger partial charge in [-0.25, -0.2) is 0 Å². The summed E-state index contributed by atoms with van der Waals surface area (Å²) in [4.78, 5) is 0. The summed E-state index contributed by atoms with van der Waals surface area (Å²) in [6.45, 7) is 9.08. The second-order valence-corrected chi connectivity index (χ2v) is 6.05. The summed E-state index contributed by atoms with van der Waals surface area (Å²) in [5.74, 6) is 0. The van der Waals surface area contributed by atoms with Crippen molar-refractivity contribution < 1.29 is 0 Å². The van der Waals surface area contributed by atoms with E-state index in [9.17, 15) is 0 Å². The Hall–Kier alpha value is -0.980. The minimum absolute atomic E-state index is 0.525. The highest BCUT2D eigenvalue weighted by molar-refractivity contribution is 5.48. The first-order valence-electron chi connectivity index (χ1n) is 6.30. The van der Waals surface area contributed by atoms with Gasteiger partial charge in [-0.05, 0) is 61.8 Å². The van der Waals surface area contributed by atoms with Crippen molar-refractivity contribution in [3.8, 4) is 0 Å². The predicted octanol–water partition coefficient (Wildman–Crippen LogP) is 4.29. The molecule has 1 unspecified atom stereocenters. The zero-order chi connectivity index (χ0) is 11.8. The monoisotopic (exact) mass is 217 g/mol. The zero-order valence-electron chi connectivity index (χ0n) is 10.9. The van der Waals surface area contributed by atoms with E-state index in [-0.39, 0.29) is 0 Å². The van der Waals surface area contributed by atoms with E-state index in [1.807, 2.05) is 0 Å². The Labute approximate surface area is 99.3 Å². The summed E-state index contributed by atoms with van der Waals surface area (Å²) in [7, 11) is 0. The summed E-state index contributed by atoms with van der Waals surface area (Å²) in [5.41, 5.74) is 4.56. The van der Waals surface area contributed by atoms with Crippen LogP contribution in [0.15, 0.2) is 18.2 Å². The Morgan fingerprint density at radius 2 is 1.94 bits per heavy atom. The number of rotatable bonds is 2. The molecule has 1 aliphatic rings. The number of hydrogen-bond acceptors (Lipinski definition) is 1. The van der Waals surface area contributed by atoms with E-state index in [1.165, 1.54) is 36.1 Å². The molecule has 0 saturated heterocycles. The third kappa shape index (κ3) is 2.58. The molecule has 0 aliphatic heterocycles. The molecular formula is C15H23N. The molecule has 1 N–H and O–H groups in total. The van der Waals surface area contributed by atoms with Gasteiger partial charge in [-0.3, -0.25) is 0 Å². The third-order valence-electron chi connectivity index (χ3n) is 3.85. The lowest BCUT2D eigenvalue weighted by Gasteiger charge is -2.19. The maximum Gasteiger partial charge on any atom is 0.0345 e. The van der Waals surface area contributed by atoms with Crippen LogP contribution in [-0.2, 0) is 0 Å². The van der Waals surface area contributed by atoms with Crippen LogP contribution in [0.5, 0.6) is 0 Å². The number of nitrogens with one attached hydrogen (secondary N) is 1. The van der Waals surface area contributed by atoms with Crippen LogP contribution >= 0.6 is 0 Å². The predicted molar refractivity (Wildman–Crippen MR) is 71.0 cm³/mol. The fourth-order valence-corrected chi connectivity index (χ4v) is 2.63. The van der Waals surface area contributed by atoms with Crippen LogP contribution in [0.4, 0.5) is 5.69 Å². The van der Waals surface area contributed by atoms with E-state index in [0.29, 0.717) is 11.5 Å². The Bertz CT molecular complexity index is 379. The number of hydrogen-bond donors (Lipinski definition) is 1. The molecule has 1 aliphatic carbocycles. The van der Waals surface area contributed by atoms with Crippen molar-refractivity contribution >= 4 is 5.69 Å². The van der Waals surface area contributed by atoms with E-state index in [4.69, 9.17) is 0 Å². The van der Waals surface area contributed by atoms with Gasteiger partial charge in [0.15, 0.2) is 0 Å². The SMILES string of the molecule is Cc1ccc(NC2CCC(C)(C)C2)cc1C. The minimum atomic E-state index is 0.525. The topological polar surface area (TPSA) is 12.0 Å². The molecule has 1 nitrogen and oxygen atoms in total. The molecule has 88 valence electrons. The third-order valence-corrected chi connectivity index (χ3v) is 3.85. The van der Waals surface area contributed by atoms with Crippen molar-refractivity contribution in [1.29, 1.82) is 0 Å². The molecule has 2 rings (SSSR count). The molecule has 0 bridgehead atoms. The summed E-state index contributed by atoms with van der Waals surface area (Å²) in [5, 5.41) is 3.66. The lowest BCUT2D eigenvalue weighted by molar-refractivity contribution is 0.378. The Kier molecular flexibility index (Phi) is 2.96. The van der Waals surface area contributed by atoms with Crippen LogP contribution in [0.3, 0.4) is 0 Å². The van der Waals surface area contributed by atoms with Crippen molar-refractivity contribution in [2.45, 2.75) is 53.0 Å². The normalized spacial score (nSPS) is 23.4. The summed E-state index contributed by atoms with van der Waals surface area (Å²) >= 11 is 0. The molecule has 1 aromatic rings. The van der Waals surface area contributed by atoms with E-state index < -0.39 is 0 Å². The van der Waals surface area contributed by atoms with Gasteiger partial charge >= 0.3 is 0 Å². The highest BCUT2D eigenvalue weighted by Gasteiger charge is 2.30. The maximum absolute atomic E-state index is 3.66. The number of anilines is 1. The Balaban J connectivity index is 2.02. The first-order chi connectivity index (χ1) is 7.46. The molecule has 1 fully saturated rings. The summed E-state index contributed by atoms with van der Waals surface area (Å²) in [6, 6.07) is 7.34. The van der Waals surface area contributed by atoms with Gasteiger partial charge in [0, 0.05) is 11.7 Å². The lowest BCUT2D eigenvalue weighted by atomic mass is 9.92. The van der Waals surface area contributed by atoms with Crippen molar-refractivity contribution in [3.05, 3.63) is 29.3 Å². The fraction of sp³-hybridized carbons (Fsp3) is 0.600. The van der Waals surface area contributed by atoms with Crippen LogP contribution < -0.4 is 5.32 Å². The van der Waals surface area contributed by atoms with Gasteiger partial charge in [-0.15, -0.1) is 0 Å². The van der Waals surface area contributed by atoms with Crippen molar-refractivity contribution in [2.24, 2.45) is 5.41 Å². The van der Waals surface area contributed by atoms with Gasteiger partial charge in [0.1, 0.15) is 0 Å². The van der Waals surface area contributed by atoms with Crippen LogP contribution in [0.25, 0.3) is 0 Å². The lowest BCUT2D eigenvalue weighted by Crippen LogP contribution is -2.17. The average Bonchev–Trinajstić information content (AvgIpc) is 2.52. The molecule has 1 atom stereocenters. The molecule has 0 aromatic heterocycles. The van der Waals surface area contributed by atoms with Crippen LogP contribution in [0, 0.1) is 19.3 Å². The number of benzene rings is 1. The second-order valence-electron chi connectivity index (χ2n) is 6.05. The van der Waals surface area contributed by atoms with E-state index in [1.54, 1.807) is 0 Å². The first kappa shape index (κ1) is 11.5. The quantitative estimate of drug-likeness (QED) is 0.779. The van der Waals surface area contributed by atoms with E-state index in [2.05, 4.69) is 51.2 Å². The number of aryl methyl sites for hydroxylation is 2. The second kappa shape index (κ2) is 4.12. The standard InChI is InChI=1S/C15H23N/c1-11-5-6-13(9-12(11)2)16-14-7-8-15(3,4)10-14/h5-6,9,14,16H,7-8,10H2,1-4H3. The van der Waals surface area contributed by atoms with Crippen molar-refractivity contribution in [1.82, 2.24) is 0 Å². The molecular weight excluding hydrogens is 194 g/mol. The van der Waals surface area contributed by atoms with E-state index >= 15 is 0 Å².